The van der Waals surface area contributed by atoms with Crippen LogP contribution in [0.25, 0.3) is 0 Å². The van der Waals surface area contributed by atoms with Gasteiger partial charge in [0.05, 0.1) is 0 Å². The van der Waals surface area contributed by atoms with Gasteiger partial charge in [-0.05, 0) is 19.1 Å². The second-order valence-corrected chi connectivity index (χ2v) is 4.22. The van der Waals surface area contributed by atoms with Gasteiger partial charge in [0.1, 0.15) is 5.75 Å². The van der Waals surface area contributed by atoms with Crippen molar-refractivity contribution in [3.63, 3.8) is 0 Å². The highest BCUT2D eigenvalue weighted by atomic mass is 35.5. The van der Waals surface area contributed by atoms with E-state index in [2.05, 4.69) is 0 Å². The van der Waals surface area contributed by atoms with Crippen molar-refractivity contribution in [3.05, 3.63) is 30.3 Å². The molecular weight excluding hydrogens is 239 g/mol. The summed E-state index contributed by atoms with van der Waals surface area (Å²) in [6, 6.07) is 8.53. The number of para-hydroxylation sites is 1. The molecule has 0 saturated carbocycles. The van der Waals surface area contributed by atoms with E-state index in [0.717, 1.165) is 0 Å². The maximum Gasteiger partial charge on any atom is 0.350 e. The highest BCUT2D eigenvalue weighted by Crippen LogP contribution is 2.27. The SMILES string of the molecule is CC(Oc1ccccc1)(C(=O)O)C(Cl)Cl. The van der Waals surface area contributed by atoms with Gasteiger partial charge in [-0.1, -0.05) is 18.2 Å². The lowest BCUT2D eigenvalue weighted by Crippen LogP contribution is -2.47. The van der Waals surface area contributed by atoms with Crippen LogP contribution in [0.3, 0.4) is 0 Å². The molecule has 0 aliphatic carbocycles. The first-order chi connectivity index (χ1) is 6.97. The van der Waals surface area contributed by atoms with E-state index < -0.39 is 16.4 Å². The normalized spacial score (nSPS) is 14.7. The molecule has 1 aromatic rings. The van der Waals surface area contributed by atoms with Gasteiger partial charge in [0.15, 0.2) is 4.84 Å². The van der Waals surface area contributed by atoms with Crippen molar-refractivity contribution in [2.24, 2.45) is 0 Å². The van der Waals surface area contributed by atoms with Gasteiger partial charge >= 0.3 is 5.97 Å². The third kappa shape index (κ3) is 2.76. The summed E-state index contributed by atoms with van der Waals surface area (Å²) < 4.78 is 5.26. The predicted molar refractivity (Wildman–Crippen MR) is 58.6 cm³/mol. The zero-order chi connectivity index (χ0) is 11.5. The second kappa shape index (κ2) is 4.73. The van der Waals surface area contributed by atoms with E-state index in [-0.39, 0.29) is 0 Å². The van der Waals surface area contributed by atoms with E-state index in [9.17, 15) is 4.79 Å². The number of aliphatic carboxylic acids is 1. The molecule has 0 saturated heterocycles. The van der Waals surface area contributed by atoms with E-state index in [1.54, 1.807) is 30.3 Å². The molecule has 0 aliphatic rings. The molecule has 1 N–H and O–H groups in total. The van der Waals surface area contributed by atoms with Gasteiger partial charge in [0.2, 0.25) is 5.60 Å². The minimum atomic E-state index is -1.65. The fourth-order valence-corrected chi connectivity index (χ4v) is 1.19. The molecule has 1 rings (SSSR count). The number of carbonyl (C=O) groups is 1. The minimum absolute atomic E-state index is 0.411. The molecule has 0 spiro atoms. The topological polar surface area (TPSA) is 46.5 Å². The number of carboxylic acid groups (broad SMARTS) is 1. The van der Waals surface area contributed by atoms with E-state index in [1.807, 2.05) is 0 Å². The Morgan fingerprint density at radius 1 is 1.40 bits per heavy atom. The van der Waals surface area contributed by atoms with Gasteiger partial charge in [0.25, 0.3) is 0 Å². The van der Waals surface area contributed by atoms with Crippen LogP contribution in [-0.4, -0.2) is 21.5 Å². The first-order valence-corrected chi connectivity index (χ1v) is 5.09. The molecule has 0 aliphatic heterocycles. The Morgan fingerprint density at radius 2 is 1.93 bits per heavy atom. The molecule has 1 unspecified atom stereocenters. The highest BCUT2D eigenvalue weighted by molar-refractivity contribution is 6.46. The monoisotopic (exact) mass is 248 g/mol. The van der Waals surface area contributed by atoms with E-state index in [4.69, 9.17) is 33.0 Å². The third-order valence-electron chi connectivity index (χ3n) is 1.91. The number of hydrogen-bond donors (Lipinski definition) is 1. The van der Waals surface area contributed by atoms with Crippen LogP contribution in [0.2, 0.25) is 0 Å². The quantitative estimate of drug-likeness (QED) is 0.834. The Bertz CT molecular complexity index is 340. The molecule has 15 heavy (non-hydrogen) atoms. The van der Waals surface area contributed by atoms with Crippen molar-refractivity contribution >= 4 is 29.2 Å². The zero-order valence-corrected chi connectivity index (χ0v) is 9.50. The van der Waals surface area contributed by atoms with Crippen molar-refractivity contribution < 1.29 is 14.6 Å². The van der Waals surface area contributed by atoms with E-state index in [1.165, 1.54) is 6.92 Å². The summed E-state index contributed by atoms with van der Waals surface area (Å²) in [6.45, 7) is 1.33. The van der Waals surface area contributed by atoms with Crippen LogP contribution in [0.15, 0.2) is 30.3 Å². The van der Waals surface area contributed by atoms with Crippen LogP contribution in [0.1, 0.15) is 6.92 Å². The summed E-state index contributed by atoms with van der Waals surface area (Å²) in [5.41, 5.74) is -1.65. The van der Waals surface area contributed by atoms with Gasteiger partial charge in [-0.3, -0.25) is 0 Å². The first kappa shape index (κ1) is 12.1. The number of alkyl halides is 2. The van der Waals surface area contributed by atoms with Gasteiger partial charge in [-0.2, -0.15) is 0 Å². The Morgan fingerprint density at radius 3 is 2.33 bits per heavy atom. The Labute approximate surface area is 97.6 Å². The molecule has 0 radical (unpaired) electrons. The molecule has 82 valence electrons. The predicted octanol–water partition coefficient (Wildman–Crippen LogP) is 2.71. The van der Waals surface area contributed by atoms with Gasteiger partial charge in [0, 0.05) is 0 Å². The summed E-state index contributed by atoms with van der Waals surface area (Å²) in [4.78, 5) is 9.82. The summed E-state index contributed by atoms with van der Waals surface area (Å²) in [5.74, 6) is -0.796. The number of rotatable bonds is 4. The van der Waals surface area contributed by atoms with Gasteiger partial charge in [-0.25, -0.2) is 4.79 Å². The van der Waals surface area contributed by atoms with Crippen LogP contribution < -0.4 is 4.74 Å². The maximum atomic E-state index is 11.0. The second-order valence-electron chi connectivity index (χ2n) is 3.13. The number of benzene rings is 1. The van der Waals surface area contributed by atoms with Crippen molar-refractivity contribution in [1.29, 1.82) is 0 Å². The first-order valence-electron chi connectivity index (χ1n) is 4.22. The van der Waals surface area contributed by atoms with Crippen LogP contribution in [0, 0.1) is 0 Å². The largest absolute Gasteiger partial charge is 0.478 e. The summed E-state index contributed by atoms with van der Waals surface area (Å²) >= 11 is 11.2. The Hall–Kier alpha value is -0.930. The average Bonchev–Trinajstić information content (AvgIpc) is 2.18. The number of halogens is 2. The van der Waals surface area contributed by atoms with Crippen LogP contribution in [-0.2, 0) is 4.79 Å². The van der Waals surface area contributed by atoms with Crippen molar-refractivity contribution in [1.82, 2.24) is 0 Å². The van der Waals surface area contributed by atoms with Crippen LogP contribution in [0.4, 0.5) is 0 Å². The Kier molecular flexibility index (Phi) is 3.83. The van der Waals surface area contributed by atoms with Crippen molar-refractivity contribution in [2.75, 3.05) is 0 Å². The molecule has 3 nitrogen and oxygen atoms in total. The summed E-state index contributed by atoms with van der Waals surface area (Å²) in [6.07, 6.45) is 0. The van der Waals surface area contributed by atoms with Crippen molar-refractivity contribution in [3.8, 4) is 5.75 Å². The maximum absolute atomic E-state index is 11.0. The number of ether oxygens (including phenoxy) is 1. The van der Waals surface area contributed by atoms with Crippen LogP contribution in [0.5, 0.6) is 5.75 Å². The molecule has 0 heterocycles. The standard InChI is InChI=1S/C10H10Cl2O3/c1-10(8(11)12,9(13)14)15-7-5-3-2-4-6-7/h2-6,8H,1H3,(H,13,14). The van der Waals surface area contributed by atoms with E-state index >= 15 is 0 Å². The lowest BCUT2D eigenvalue weighted by Gasteiger charge is -2.27. The molecule has 0 bridgehead atoms. The Balaban J connectivity index is 2.90. The molecule has 0 fully saturated rings. The number of hydrogen-bond acceptors (Lipinski definition) is 2. The third-order valence-corrected chi connectivity index (χ3v) is 2.75. The molecular formula is C10H10Cl2O3. The van der Waals surface area contributed by atoms with Gasteiger partial charge in [-0.15, -0.1) is 23.2 Å². The fourth-order valence-electron chi connectivity index (χ4n) is 0.915. The molecule has 0 aromatic heterocycles. The molecule has 1 aromatic carbocycles. The summed E-state index contributed by atoms with van der Waals surface area (Å²) in [7, 11) is 0. The van der Waals surface area contributed by atoms with E-state index in [0.29, 0.717) is 5.75 Å². The zero-order valence-electron chi connectivity index (χ0n) is 7.98. The molecule has 5 heteroatoms. The number of carboxylic acids is 1. The lowest BCUT2D eigenvalue weighted by atomic mass is 10.1. The molecule has 1 atom stereocenters. The average molecular weight is 249 g/mol. The smallest absolute Gasteiger partial charge is 0.350 e. The molecule has 0 amide bonds. The van der Waals surface area contributed by atoms with Crippen LogP contribution >= 0.6 is 23.2 Å². The summed E-state index contributed by atoms with van der Waals surface area (Å²) in [5, 5.41) is 8.97. The minimum Gasteiger partial charge on any atom is -0.478 e. The van der Waals surface area contributed by atoms with Gasteiger partial charge < -0.3 is 9.84 Å². The fraction of sp³-hybridized carbons (Fsp3) is 0.300. The highest BCUT2D eigenvalue weighted by Gasteiger charge is 2.42. The van der Waals surface area contributed by atoms with Crippen molar-refractivity contribution in [2.45, 2.75) is 17.4 Å². The lowest BCUT2D eigenvalue weighted by molar-refractivity contribution is -0.152.